The zero-order valence-electron chi connectivity index (χ0n) is 10.9. The SMILES string of the molecule is COC1CCN(c2cc(C(N)=O)c(N)cc2F)CC1. The molecule has 0 bridgehead atoms. The van der Waals surface area contributed by atoms with Crippen molar-refractivity contribution >= 4 is 17.3 Å². The highest BCUT2D eigenvalue weighted by Crippen LogP contribution is 2.28. The summed E-state index contributed by atoms with van der Waals surface area (Å²) in [5, 5.41) is 0. The van der Waals surface area contributed by atoms with Crippen LogP contribution in [0.5, 0.6) is 0 Å². The molecule has 0 unspecified atom stereocenters. The summed E-state index contributed by atoms with van der Waals surface area (Å²) in [7, 11) is 1.68. The van der Waals surface area contributed by atoms with E-state index in [1.54, 1.807) is 7.11 Å². The third-order valence-corrected chi connectivity index (χ3v) is 3.50. The minimum atomic E-state index is -0.648. The van der Waals surface area contributed by atoms with Crippen LogP contribution in [0.3, 0.4) is 0 Å². The molecule has 0 saturated carbocycles. The van der Waals surface area contributed by atoms with Gasteiger partial charge >= 0.3 is 0 Å². The van der Waals surface area contributed by atoms with Crippen LogP contribution < -0.4 is 16.4 Å². The third-order valence-electron chi connectivity index (χ3n) is 3.50. The van der Waals surface area contributed by atoms with Crippen LogP contribution in [-0.4, -0.2) is 32.2 Å². The Balaban J connectivity index is 2.25. The Hall–Kier alpha value is -1.82. The fourth-order valence-electron chi connectivity index (χ4n) is 2.37. The van der Waals surface area contributed by atoms with Crippen molar-refractivity contribution in [2.45, 2.75) is 18.9 Å². The molecule has 19 heavy (non-hydrogen) atoms. The van der Waals surface area contributed by atoms with Gasteiger partial charge in [-0.2, -0.15) is 0 Å². The number of nitrogen functional groups attached to an aromatic ring is 1. The van der Waals surface area contributed by atoms with Gasteiger partial charge in [0.1, 0.15) is 5.82 Å². The summed E-state index contributed by atoms with van der Waals surface area (Å²) in [5.41, 5.74) is 11.4. The Kier molecular flexibility index (Phi) is 3.90. The fraction of sp³-hybridized carbons (Fsp3) is 0.462. The first-order valence-corrected chi connectivity index (χ1v) is 6.19. The van der Waals surface area contributed by atoms with E-state index in [2.05, 4.69) is 0 Å². The maximum atomic E-state index is 14.0. The van der Waals surface area contributed by atoms with Crippen molar-refractivity contribution < 1.29 is 13.9 Å². The minimum Gasteiger partial charge on any atom is -0.398 e. The van der Waals surface area contributed by atoms with Crippen molar-refractivity contribution in [2.24, 2.45) is 5.73 Å². The number of rotatable bonds is 3. The molecule has 104 valence electrons. The van der Waals surface area contributed by atoms with Crippen LogP contribution in [0.15, 0.2) is 12.1 Å². The van der Waals surface area contributed by atoms with Gasteiger partial charge in [0.25, 0.3) is 5.91 Å². The number of hydrogen-bond acceptors (Lipinski definition) is 4. The first-order chi connectivity index (χ1) is 9.02. The molecule has 4 N–H and O–H groups in total. The van der Waals surface area contributed by atoms with Crippen molar-refractivity contribution in [3.63, 3.8) is 0 Å². The standard InChI is InChI=1S/C13H18FN3O2/c1-19-8-2-4-17(5-3-8)12-6-9(13(16)18)11(15)7-10(12)14/h6-8H,2-5,15H2,1H3,(H2,16,18). The fourth-order valence-corrected chi connectivity index (χ4v) is 2.37. The number of carbonyl (C=O) groups excluding carboxylic acids is 1. The van der Waals surface area contributed by atoms with Crippen molar-refractivity contribution in [1.29, 1.82) is 0 Å². The van der Waals surface area contributed by atoms with Gasteiger partial charge in [0, 0.05) is 25.9 Å². The monoisotopic (exact) mass is 267 g/mol. The van der Waals surface area contributed by atoms with Gasteiger partial charge in [-0.25, -0.2) is 4.39 Å². The van der Waals surface area contributed by atoms with Gasteiger partial charge in [-0.1, -0.05) is 0 Å². The zero-order valence-corrected chi connectivity index (χ0v) is 10.9. The Morgan fingerprint density at radius 2 is 2.05 bits per heavy atom. The summed E-state index contributed by atoms with van der Waals surface area (Å²) < 4.78 is 19.2. The molecular formula is C13H18FN3O2. The number of methoxy groups -OCH3 is 1. The number of halogens is 1. The number of anilines is 2. The van der Waals surface area contributed by atoms with Crippen molar-refractivity contribution in [3.8, 4) is 0 Å². The molecule has 2 rings (SSSR count). The molecule has 1 heterocycles. The highest BCUT2D eigenvalue weighted by Gasteiger charge is 2.22. The molecule has 0 radical (unpaired) electrons. The molecule has 0 spiro atoms. The van der Waals surface area contributed by atoms with E-state index in [4.69, 9.17) is 16.2 Å². The van der Waals surface area contributed by atoms with E-state index in [-0.39, 0.29) is 17.4 Å². The predicted octanol–water partition coefficient (Wildman–Crippen LogP) is 1.12. The minimum absolute atomic E-state index is 0.0699. The second-order valence-electron chi connectivity index (χ2n) is 4.68. The molecule has 1 aromatic carbocycles. The molecule has 1 fully saturated rings. The lowest BCUT2D eigenvalue weighted by Crippen LogP contribution is -2.37. The van der Waals surface area contributed by atoms with E-state index in [1.807, 2.05) is 4.90 Å². The first kappa shape index (κ1) is 13.6. The zero-order chi connectivity index (χ0) is 14.0. The Bertz CT molecular complexity index is 485. The second-order valence-corrected chi connectivity index (χ2v) is 4.68. The Morgan fingerprint density at radius 1 is 1.42 bits per heavy atom. The predicted molar refractivity (Wildman–Crippen MR) is 71.6 cm³/mol. The van der Waals surface area contributed by atoms with Crippen LogP contribution in [0.4, 0.5) is 15.8 Å². The largest absolute Gasteiger partial charge is 0.398 e. The number of nitrogens with two attached hydrogens (primary N) is 2. The summed E-state index contributed by atoms with van der Waals surface area (Å²) in [4.78, 5) is 13.1. The number of nitrogens with zero attached hydrogens (tertiary/aromatic N) is 1. The summed E-state index contributed by atoms with van der Waals surface area (Å²) in [6.07, 6.45) is 1.86. The summed E-state index contributed by atoms with van der Waals surface area (Å²) in [5.74, 6) is -1.08. The van der Waals surface area contributed by atoms with Gasteiger partial charge in [-0.15, -0.1) is 0 Å². The maximum Gasteiger partial charge on any atom is 0.250 e. The van der Waals surface area contributed by atoms with Gasteiger partial charge in [0.05, 0.1) is 17.4 Å². The lowest BCUT2D eigenvalue weighted by Gasteiger charge is -2.33. The molecule has 1 aromatic rings. The van der Waals surface area contributed by atoms with Crippen molar-refractivity contribution in [1.82, 2.24) is 0 Å². The van der Waals surface area contributed by atoms with Crippen LogP contribution in [0.1, 0.15) is 23.2 Å². The molecule has 1 amide bonds. The van der Waals surface area contributed by atoms with Crippen LogP contribution in [0.25, 0.3) is 0 Å². The Labute approximate surface area is 111 Å². The lowest BCUT2D eigenvalue weighted by atomic mass is 10.0. The van der Waals surface area contributed by atoms with Gasteiger partial charge in [0.15, 0.2) is 0 Å². The van der Waals surface area contributed by atoms with E-state index in [0.29, 0.717) is 18.8 Å². The van der Waals surface area contributed by atoms with Gasteiger partial charge in [-0.3, -0.25) is 4.79 Å². The highest BCUT2D eigenvalue weighted by atomic mass is 19.1. The molecule has 0 aromatic heterocycles. The molecule has 1 aliphatic rings. The smallest absolute Gasteiger partial charge is 0.250 e. The summed E-state index contributed by atoms with van der Waals surface area (Å²) in [6, 6.07) is 2.58. The number of ether oxygens (including phenoxy) is 1. The van der Waals surface area contributed by atoms with Crippen LogP contribution in [0.2, 0.25) is 0 Å². The Morgan fingerprint density at radius 3 is 2.58 bits per heavy atom. The number of hydrogen-bond donors (Lipinski definition) is 2. The van der Waals surface area contributed by atoms with E-state index in [0.717, 1.165) is 18.9 Å². The van der Waals surface area contributed by atoms with Gasteiger partial charge < -0.3 is 21.1 Å². The van der Waals surface area contributed by atoms with Crippen LogP contribution in [-0.2, 0) is 4.74 Å². The number of primary amides is 1. The van der Waals surface area contributed by atoms with E-state index in [9.17, 15) is 9.18 Å². The molecule has 0 aliphatic carbocycles. The molecule has 1 saturated heterocycles. The molecule has 0 atom stereocenters. The van der Waals surface area contributed by atoms with Crippen LogP contribution >= 0.6 is 0 Å². The first-order valence-electron chi connectivity index (χ1n) is 6.19. The number of benzene rings is 1. The number of carbonyl (C=O) groups is 1. The number of amides is 1. The van der Waals surface area contributed by atoms with E-state index < -0.39 is 11.7 Å². The summed E-state index contributed by atoms with van der Waals surface area (Å²) >= 11 is 0. The van der Waals surface area contributed by atoms with E-state index in [1.165, 1.54) is 6.07 Å². The average molecular weight is 267 g/mol. The molecule has 1 aliphatic heterocycles. The normalized spacial score (nSPS) is 16.6. The van der Waals surface area contributed by atoms with E-state index >= 15 is 0 Å². The van der Waals surface area contributed by atoms with Crippen molar-refractivity contribution in [3.05, 3.63) is 23.5 Å². The average Bonchev–Trinajstić information content (AvgIpc) is 2.38. The third kappa shape index (κ3) is 2.78. The van der Waals surface area contributed by atoms with Crippen LogP contribution in [0, 0.1) is 5.82 Å². The molecule has 5 nitrogen and oxygen atoms in total. The van der Waals surface area contributed by atoms with Gasteiger partial charge in [-0.05, 0) is 25.0 Å². The molecular weight excluding hydrogens is 249 g/mol. The highest BCUT2D eigenvalue weighted by molar-refractivity contribution is 5.99. The summed E-state index contributed by atoms with van der Waals surface area (Å²) in [6.45, 7) is 1.36. The molecule has 6 heteroatoms. The van der Waals surface area contributed by atoms with Crippen molar-refractivity contribution in [2.75, 3.05) is 30.8 Å². The maximum absolute atomic E-state index is 14.0. The number of piperidine rings is 1. The quantitative estimate of drug-likeness (QED) is 0.804. The topological polar surface area (TPSA) is 81.6 Å². The van der Waals surface area contributed by atoms with Gasteiger partial charge in [0.2, 0.25) is 0 Å². The lowest BCUT2D eigenvalue weighted by molar-refractivity contribution is 0.0818. The second kappa shape index (κ2) is 5.44.